The highest BCUT2D eigenvalue weighted by Crippen LogP contribution is 2.36. The minimum atomic E-state index is -0.185. The SMILES string of the molecule is C#CCn1c(=NC(=O)Cc2cccs2)sc2cc3c(cc21)OCO3. The molecular weight excluding hydrogens is 344 g/mol. The van der Waals surface area contributed by atoms with Crippen LogP contribution in [0.25, 0.3) is 10.2 Å². The third-order valence-electron chi connectivity index (χ3n) is 3.55. The Kier molecular flexibility index (Phi) is 3.84. The van der Waals surface area contributed by atoms with Gasteiger partial charge in [0.05, 0.1) is 23.2 Å². The van der Waals surface area contributed by atoms with Crippen molar-refractivity contribution in [2.45, 2.75) is 13.0 Å². The van der Waals surface area contributed by atoms with E-state index in [4.69, 9.17) is 15.9 Å². The summed E-state index contributed by atoms with van der Waals surface area (Å²) in [6, 6.07) is 7.64. The summed E-state index contributed by atoms with van der Waals surface area (Å²) in [7, 11) is 0. The van der Waals surface area contributed by atoms with Crippen molar-refractivity contribution >= 4 is 38.8 Å². The van der Waals surface area contributed by atoms with Crippen LogP contribution in [0.5, 0.6) is 11.5 Å². The Morgan fingerprint density at radius 2 is 2.21 bits per heavy atom. The molecule has 0 bridgehead atoms. The fourth-order valence-electron chi connectivity index (χ4n) is 2.50. The number of terminal acetylenes is 1. The largest absolute Gasteiger partial charge is 0.454 e. The molecule has 0 N–H and O–H groups in total. The van der Waals surface area contributed by atoms with Gasteiger partial charge in [0.1, 0.15) is 0 Å². The second-order valence-corrected chi connectivity index (χ2v) is 7.15. The Hall–Kier alpha value is -2.56. The van der Waals surface area contributed by atoms with Gasteiger partial charge in [-0.2, -0.15) is 4.99 Å². The summed E-state index contributed by atoms with van der Waals surface area (Å²) in [6.07, 6.45) is 5.78. The molecule has 0 aliphatic carbocycles. The van der Waals surface area contributed by atoms with Gasteiger partial charge in [-0.15, -0.1) is 17.8 Å². The van der Waals surface area contributed by atoms with E-state index in [1.807, 2.05) is 34.2 Å². The first-order chi connectivity index (χ1) is 11.7. The predicted molar refractivity (Wildman–Crippen MR) is 93.4 cm³/mol. The van der Waals surface area contributed by atoms with Crippen LogP contribution in [0.3, 0.4) is 0 Å². The molecule has 0 saturated heterocycles. The summed E-state index contributed by atoms with van der Waals surface area (Å²) >= 11 is 2.96. The van der Waals surface area contributed by atoms with Gasteiger partial charge < -0.3 is 14.0 Å². The summed E-state index contributed by atoms with van der Waals surface area (Å²) in [5.74, 6) is 3.82. The summed E-state index contributed by atoms with van der Waals surface area (Å²) in [5.41, 5.74) is 0.893. The van der Waals surface area contributed by atoms with Gasteiger partial charge in [0.25, 0.3) is 5.91 Å². The van der Waals surface area contributed by atoms with E-state index in [-0.39, 0.29) is 12.7 Å². The summed E-state index contributed by atoms with van der Waals surface area (Å²) < 4.78 is 13.6. The molecule has 0 unspecified atom stereocenters. The lowest BCUT2D eigenvalue weighted by atomic mass is 10.3. The average molecular weight is 356 g/mol. The van der Waals surface area contributed by atoms with Crippen LogP contribution in [0.15, 0.2) is 34.6 Å². The molecule has 0 radical (unpaired) electrons. The van der Waals surface area contributed by atoms with Crippen molar-refractivity contribution in [1.82, 2.24) is 4.57 Å². The van der Waals surface area contributed by atoms with Crippen molar-refractivity contribution in [1.29, 1.82) is 0 Å². The van der Waals surface area contributed by atoms with E-state index in [0.717, 1.165) is 15.1 Å². The monoisotopic (exact) mass is 356 g/mol. The molecule has 1 aliphatic rings. The Morgan fingerprint density at radius 3 is 2.96 bits per heavy atom. The zero-order valence-electron chi connectivity index (χ0n) is 12.5. The van der Waals surface area contributed by atoms with E-state index in [0.29, 0.717) is 29.3 Å². The van der Waals surface area contributed by atoms with Crippen molar-refractivity contribution in [3.05, 3.63) is 39.3 Å². The van der Waals surface area contributed by atoms with Crippen LogP contribution < -0.4 is 14.3 Å². The van der Waals surface area contributed by atoms with Crippen molar-refractivity contribution in [2.75, 3.05) is 6.79 Å². The normalized spacial score (nSPS) is 13.4. The number of ether oxygens (including phenoxy) is 2. The van der Waals surface area contributed by atoms with Crippen molar-refractivity contribution in [3.63, 3.8) is 0 Å². The van der Waals surface area contributed by atoms with Crippen molar-refractivity contribution in [2.24, 2.45) is 4.99 Å². The number of benzene rings is 1. The molecule has 2 aromatic heterocycles. The molecule has 1 amide bonds. The molecule has 0 fully saturated rings. The number of rotatable bonds is 3. The molecule has 7 heteroatoms. The molecule has 0 saturated carbocycles. The molecule has 5 nitrogen and oxygen atoms in total. The first-order valence-corrected chi connectivity index (χ1v) is 8.90. The van der Waals surface area contributed by atoms with Gasteiger partial charge in [0, 0.05) is 17.0 Å². The molecule has 0 spiro atoms. The van der Waals surface area contributed by atoms with E-state index < -0.39 is 0 Å². The summed E-state index contributed by atoms with van der Waals surface area (Å²) in [5, 5.41) is 1.95. The van der Waals surface area contributed by atoms with Gasteiger partial charge >= 0.3 is 0 Å². The Labute approximate surface area is 145 Å². The highest BCUT2D eigenvalue weighted by Gasteiger charge is 2.17. The van der Waals surface area contributed by atoms with Gasteiger partial charge in [-0.25, -0.2) is 0 Å². The number of amides is 1. The molecule has 1 aliphatic heterocycles. The third kappa shape index (κ3) is 2.70. The van der Waals surface area contributed by atoms with Gasteiger partial charge in [0.2, 0.25) is 6.79 Å². The van der Waals surface area contributed by atoms with E-state index >= 15 is 0 Å². The Bertz CT molecular complexity index is 1020. The van der Waals surface area contributed by atoms with Crippen molar-refractivity contribution in [3.8, 4) is 23.8 Å². The van der Waals surface area contributed by atoms with Crippen LogP contribution in [0.4, 0.5) is 0 Å². The number of nitrogens with zero attached hydrogens (tertiary/aromatic N) is 2. The fourth-order valence-corrected chi connectivity index (χ4v) is 4.25. The third-order valence-corrected chi connectivity index (χ3v) is 5.47. The molecule has 3 aromatic rings. The Balaban J connectivity index is 1.79. The lowest BCUT2D eigenvalue weighted by Crippen LogP contribution is -2.17. The molecule has 4 rings (SSSR count). The standard InChI is InChI=1S/C17H12N2O3S2/c1-2-5-19-12-8-13-14(22-10-21-13)9-15(12)24-17(19)18-16(20)7-11-4-3-6-23-11/h1,3-4,6,8-9H,5,7,10H2. The number of hydrogen-bond donors (Lipinski definition) is 0. The number of fused-ring (bicyclic) bond motifs is 2. The number of aromatic nitrogens is 1. The van der Waals surface area contributed by atoms with E-state index in [1.54, 1.807) is 11.3 Å². The maximum absolute atomic E-state index is 12.2. The van der Waals surface area contributed by atoms with Gasteiger partial charge in [-0.1, -0.05) is 23.3 Å². The predicted octanol–water partition coefficient (Wildman–Crippen LogP) is 2.80. The van der Waals surface area contributed by atoms with Gasteiger partial charge in [-0.05, 0) is 11.4 Å². The molecule has 1 aromatic carbocycles. The van der Waals surface area contributed by atoms with Crippen LogP contribution >= 0.6 is 22.7 Å². The van der Waals surface area contributed by atoms with E-state index in [9.17, 15) is 4.79 Å². The van der Waals surface area contributed by atoms with Crippen molar-refractivity contribution < 1.29 is 14.3 Å². The van der Waals surface area contributed by atoms with E-state index in [1.165, 1.54) is 11.3 Å². The van der Waals surface area contributed by atoms with Gasteiger partial charge in [0.15, 0.2) is 16.3 Å². The lowest BCUT2D eigenvalue weighted by Gasteiger charge is -2.01. The van der Waals surface area contributed by atoms with Gasteiger partial charge in [-0.3, -0.25) is 4.79 Å². The quantitative estimate of drug-likeness (QED) is 0.678. The number of thiazole rings is 1. The topological polar surface area (TPSA) is 52.8 Å². The second kappa shape index (κ2) is 6.15. The minimum absolute atomic E-state index is 0.185. The zero-order valence-corrected chi connectivity index (χ0v) is 14.2. The first kappa shape index (κ1) is 15.0. The number of carbonyl (C=O) groups excluding carboxylic acids is 1. The number of thiophene rings is 1. The lowest BCUT2D eigenvalue weighted by molar-refractivity contribution is -0.117. The molecule has 120 valence electrons. The smallest absolute Gasteiger partial charge is 0.253 e. The average Bonchev–Trinajstić information content (AvgIpc) is 3.27. The number of carbonyl (C=O) groups is 1. The number of hydrogen-bond acceptors (Lipinski definition) is 5. The molecule has 0 atom stereocenters. The van der Waals surface area contributed by atoms with Crippen LogP contribution in [0.1, 0.15) is 4.88 Å². The minimum Gasteiger partial charge on any atom is -0.454 e. The highest BCUT2D eigenvalue weighted by atomic mass is 32.1. The molecule has 3 heterocycles. The summed E-state index contributed by atoms with van der Waals surface area (Å²) in [6.45, 7) is 0.559. The highest BCUT2D eigenvalue weighted by molar-refractivity contribution is 7.16. The maximum Gasteiger partial charge on any atom is 0.253 e. The van der Waals surface area contributed by atoms with Crippen LogP contribution in [-0.4, -0.2) is 17.3 Å². The van der Waals surface area contributed by atoms with Crippen LogP contribution in [-0.2, 0) is 17.8 Å². The fraction of sp³-hybridized carbons (Fsp3) is 0.176. The maximum atomic E-state index is 12.2. The first-order valence-electron chi connectivity index (χ1n) is 7.21. The van der Waals surface area contributed by atoms with Crippen LogP contribution in [0, 0.1) is 12.3 Å². The summed E-state index contributed by atoms with van der Waals surface area (Å²) in [4.78, 5) is 18.1. The molecular formula is C17H12N2O3S2. The van der Waals surface area contributed by atoms with Crippen LogP contribution in [0.2, 0.25) is 0 Å². The Morgan fingerprint density at radius 1 is 1.38 bits per heavy atom. The molecule has 24 heavy (non-hydrogen) atoms. The zero-order chi connectivity index (χ0) is 16.5. The second-order valence-electron chi connectivity index (χ2n) is 5.11. The van der Waals surface area contributed by atoms with E-state index in [2.05, 4.69) is 10.9 Å².